The Morgan fingerprint density at radius 1 is 0.706 bits per heavy atom. The number of hydrogen-bond donors (Lipinski definition) is 0. The summed E-state index contributed by atoms with van der Waals surface area (Å²) in [5.41, 5.74) is 10.6. The minimum Gasteiger partial charge on any atom is -0.501 e. The topological polar surface area (TPSA) is 80.8 Å². The van der Waals surface area contributed by atoms with E-state index in [4.69, 9.17) is 22.0 Å². The first-order valence-corrected chi connectivity index (χ1v) is 26.1. The second-order valence-electron chi connectivity index (χ2n) is 18.7. The monoisotopic (exact) mass is 1090 g/mol. The van der Waals surface area contributed by atoms with Gasteiger partial charge in [0.2, 0.25) is 0 Å². The van der Waals surface area contributed by atoms with Gasteiger partial charge in [0.1, 0.15) is 16.7 Å². The van der Waals surface area contributed by atoms with Crippen LogP contribution in [0.25, 0.3) is 94.4 Å². The van der Waals surface area contributed by atoms with Gasteiger partial charge in [-0.2, -0.15) is 5.26 Å². The van der Waals surface area contributed by atoms with Crippen LogP contribution in [0.4, 0.5) is 0 Å². The number of pyridine rings is 1. The smallest absolute Gasteiger partial charge is 0.136 e. The molecule has 4 heterocycles. The molecule has 0 amide bonds. The zero-order chi connectivity index (χ0) is 51.7. The van der Waals surface area contributed by atoms with Gasteiger partial charge in [-0.3, -0.25) is 4.98 Å². The van der Waals surface area contributed by atoms with Crippen LogP contribution in [-0.2, 0) is 20.1 Å². The number of rotatable bonds is 7. The number of para-hydroxylation sites is 1. The third-order valence-electron chi connectivity index (χ3n) is 12.5. The molecule has 0 aliphatic heterocycles. The Bertz CT molecular complexity index is 3910. The number of furan rings is 2. The van der Waals surface area contributed by atoms with E-state index in [1.54, 1.807) is 36.4 Å². The molecule has 0 bridgehead atoms. The van der Waals surface area contributed by atoms with Gasteiger partial charge in [0, 0.05) is 56.4 Å². The first-order chi connectivity index (χ1) is 34.7. The summed E-state index contributed by atoms with van der Waals surface area (Å²) in [5, 5.41) is 13.3. The van der Waals surface area contributed by atoms with Crippen LogP contribution in [0, 0.1) is 37.2 Å². The average molecular weight is 1090 g/mol. The SMILES string of the molecule is C[Si](C)(C)c1ccc(-c2[c-]cccc2)nc1.[2H]C([2H])([2H])c1c[c-]c(-c2nc3cccc(C([2H])([2H])[2H])c3n2-c2c(C(C)C)cc(-c3ccccc3)cc2C(C)C)c2oc3cc4c(cc3c12)oc1cc(C#N)ccc14.[Ir]. The van der Waals surface area contributed by atoms with E-state index in [2.05, 4.69) is 107 Å². The number of nitrogens with zero attached hydrogens (tertiary/aromatic N) is 4. The summed E-state index contributed by atoms with van der Waals surface area (Å²) in [7, 11) is -1.23. The molecule has 8 heteroatoms. The Morgan fingerprint density at radius 2 is 1.43 bits per heavy atom. The molecule has 0 aliphatic rings. The van der Waals surface area contributed by atoms with Crippen molar-refractivity contribution in [3.05, 3.63) is 180 Å². The molecular weight excluding hydrogens is 1030 g/mol. The van der Waals surface area contributed by atoms with Crippen LogP contribution in [0.1, 0.15) is 75.6 Å². The maximum absolute atomic E-state index is 9.48. The fourth-order valence-corrected chi connectivity index (χ4v) is 10.0. The summed E-state index contributed by atoms with van der Waals surface area (Å²) in [6.45, 7) is 10.5. The predicted molar refractivity (Wildman–Crippen MR) is 279 cm³/mol. The molecular formula is C60H52IrN4O2Si-2. The van der Waals surface area contributed by atoms with Crippen LogP contribution in [0.2, 0.25) is 19.6 Å². The number of nitriles is 1. The van der Waals surface area contributed by atoms with Gasteiger partial charge in [-0.05, 0) is 106 Å². The molecule has 68 heavy (non-hydrogen) atoms. The fourth-order valence-electron chi connectivity index (χ4n) is 9.00. The Balaban J connectivity index is 0.000000338. The summed E-state index contributed by atoms with van der Waals surface area (Å²) in [6.07, 6.45) is 2.02. The first-order valence-electron chi connectivity index (χ1n) is 25.6. The molecule has 0 unspecified atom stereocenters. The average Bonchev–Trinajstić information content (AvgIpc) is 4.05. The van der Waals surface area contributed by atoms with Crippen molar-refractivity contribution < 1.29 is 37.2 Å². The minimum absolute atomic E-state index is 0. The number of imidazole rings is 1. The largest absolute Gasteiger partial charge is 0.501 e. The first kappa shape index (κ1) is 39.1. The zero-order valence-corrected chi connectivity index (χ0v) is 42.3. The fraction of sp³-hybridized carbons (Fsp3) is 0.183. The quantitative estimate of drug-likeness (QED) is 0.117. The van der Waals surface area contributed by atoms with E-state index in [0.29, 0.717) is 55.5 Å². The van der Waals surface area contributed by atoms with Gasteiger partial charge < -0.3 is 18.4 Å². The predicted octanol–water partition coefficient (Wildman–Crippen LogP) is 15.8. The van der Waals surface area contributed by atoms with E-state index >= 15 is 0 Å². The Hall–Kier alpha value is -6.88. The van der Waals surface area contributed by atoms with E-state index in [0.717, 1.165) is 50.0 Å². The van der Waals surface area contributed by atoms with Crippen molar-refractivity contribution in [3.8, 4) is 45.5 Å². The molecule has 0 N–H and O–H groups in total. The molecule has 4 aromatic heterocycles. The van der Waals surface area contributed by atoms with Crippen LogP contribution in [0.5, 0.6) is 0 Å². The molecule has 6 nitrogen and oxygen atoms in total. The van der Waals surface area contributed by atoms with Crippen molar-refractivity contribution in [1.82, 2.24) is 14.5 Å². The minimum atomic E-state index is -2.54. The van der Waals surface area contributed by atoms with Crippen molar-refractivity contribution in [1.29, 1.82) is 5.26 Å². The number of aryl methyl sites for hydroxylation is 2. The van der Waals surface area contributed by atoms with Gasteiger partial charge in [0.05, 0.1) is 42.1 Å². The molecule has 11 rings (SSSR count). The maximum atomic E-state index is 9.48. The van der Waals surface area contributed by atoms with Crippen molar-refractivity contribution in [2.45, 2.75) is 72.9 Å². The molecule has 0 aliphatic carbocycles. The molecule has 0 saturated heterocycles. The second kappa shape index (κ2) is 18.3. The molecule has 1 radical (unpaired) electrons. The molecule has 7 aromatic carbocycles. The van der Waals surface area contributed by atoms with Crippen molar-refractivity contribution in [3.63, 3.8) is 0 Å². The summed E-state index contributed by atoms with van der Waals surface area (Å²) >= 11 is 0. The third-order valence-corrected chi connectivity index (χ3v) is 14.6. The van der Waals surface area contributed by atoms with E-state index in [1.807, 2.05) is 65.4 Å². The Kier molecular flexibility index (Phi) is 10.5. The van der Waals surface area contributed by atoms with Gasteiger partial charge in [-0.25, -0.2) is 0 Å². The number of aromatic nitrogens is 3. The van der Waals surface area contributed by atoms with Crippen LogP contribution >= 0.6 is 0 Å². The van der Waals surface area contributed by atoms with Crippen molar-refractivity contribution in [2.24, 2.45) is 0 Å². The van der Waals surface area contributed by atoms with Gasteiger partial charge in [-0.15, -0.1) is 53.6 Å². The molecule has 11 aromatic rings. The van der Waals surface area contributed by atoms with Gasteiger partial charge in [-0.1, -0.05) is 120 Å². The number of benzene rings is 7. The molecule has 0 fully saturated rings. The van der Waals surface area contributed by atoms with E-state index in [-0.39, 0.29) is 48.7 Å². The van der Waals surface area contributed by atoms with Crippen LogP contribution in [-0.4, -0.2) is 22.6 Å². The van der Waals surface area contributed by atoms with Crippen LogP contribution < -0.4 is 5.19 Å². The van der Waals surface area contributed by atoms with Crippen molar-refractivity contribution >= 4 is 68.2 Å². The van der Waals surface area contributed by atoms with Gasteiger partial charge in [0.25, 0.3) is 0 Å². The molecule has 0 atom stereocenters. The summed E-state index contributed by atoms with van der Waals surface area (Å²) in [6, 6.07) is 50.8. The van der Waals surface area contributed by atoms with E-state index < -0.39 is 21.8 Å². The summed E-state index contributed by atoms with van der Waals surface area (Å²) in [4.78, 5) is 9.68. The standard InChI is InChI=1S/C46H36N3O2.C14H16NSi.Ir/c1-25(2)34-20-31(30-12-8-7-9-13-30)21-35(26(3)4)44(34)49-43-28(6)11-10-14-38(43)48-46(49)33-17-15-27(5)42-37-23-40-36(22-41(37)51-45(33)42)32-18-16-29(24-47)19-39(32)50-40;1-16(2,3)13-9-10-14(15-11-13)12-7-5-4-6-8-12;/h7-16,18-23,25-26H,1-6H3;4-7,9-11H,1-3H3;/q2*-1;/i5D3,6D3;;. The Morgan fingerprint density at radius 3 is 2.09 bits per heavy atom. The normalized spacial score (nSPS) is 13.4. The molecule has 0 saturated carbocycles. The molecule has 0 spiro atoms. The molecule has 339 valence electrons. The number of hydrogen-bond acceptors (Lipinski definition) is 5. The van der Waals surface area contributed by atoms with Crippen LogP contribution in [0.15, 0.2) is 148 Å². The summed E-state index contributed by atoms with van der Waals surface area (Å²) in [5.74, 6) is 0.389. The third kappa shape index (κ3) is 8.30. The zero-order valence-electron chi connectivity index (χ0n) is 44.9. The Labute approximate surface area is 421 Å². The number of fused-ring (bicyclic) bond motifs is 7. The maximum Gasteiger partial charge on any atom is 0.136 e. The van der Waals surface area contributed by atoms with Crippen LogP contribution in [0.3, 0.4) is 0 Å². The van der Waals surface area contributed by atoms with E-state index in [1.165, 1.54) is 11.3 Å². The second-order valence-corrected chi connectivity index (χ2v) is 23.8. The van der Waals surface area contributed by atoms with E-state index in [9.17, 15) is 5.26 Å². The van der Waals surface area contributed by atoms with Crippen molar-refractivity contribution in [2.75, 3.05) is 0 Å². The van der Waals surface area contributed by atoms with Gasteiger partial charge >= 0.3 is 0 Å². The van der Waals surface area contributed by atoms with Gasteiger partial charge in [0.15, 0.2) is 0 Å². The summed E-state index contributed by atoms with van der Waals surface area (Å²) < 4.78 is 66.6.